The third-order valence-corrected chi connectivity index (χ3v) is 8.27. The number of carbonyl (C=O) groups excluding carboxylic acids is 1. The summed E-state index contributed by atoms with van der Waals surface area (Å²) in [6.07, 6.45) is 4.24. The molecular formula is C27H31N3O6. The first-order valence-corrected chi connectivity index (χ1v) is 12.8. The second-order valence-electron chi connectivity index (χ2n) is 10.2. The van der Waals surface area contributed by atoms with E-state index in [2.05, 4.69) is 6.07 Å². The van der Waals surface area contributed by atoms with Gasteiger partial charge < -0.3 is 24.0 Å². The van der Waals surface area contributed by atoms with Crippen molar-refractivity contribution >= 4 is 17.3 Å². The summed E-state index contributed by atoms with van der Waals surface area (Å²) in [6.45, 7) is 5.92. The van der Waals surface area contributed by atoms with Gasteiger partial charge in [0.2, 0.25) is 0 Å². The van der Waals surface area contributed by atoms with Crippen LogP contribution in [0.25, 0.3) is 0 Å². The largest absolute Gasteiger partial charge is 0.486 e. The number of amides is 1. The number of nitro groups is 1. The van der Waals surface area contributed by atoms with Crippen LogP contribution in [-0.2, 0) is 10.2 Å². The molecule has 1 saturated heterocycles. The number of carbonyl (C=O) groups is 1. The van der Waals surface area contributed by atoms with E-state index in [0.29, 0.717) is 57.3 Å². The number of ether oxygens (including phenoxy) is 3. The van der Waals surface area contributed by atoms with Crippen LogP contribution in [0.4, 0.5) is 11.4 Å². The minimum Gasteiger partial charge on any atom is -0.486 e. The maximum atomic E-state index is 13.9. The van der Waals surface area contributed by atoms with Crippen molar-refractivity contribution in [1.29, 1.82) is 0 Å². The lowest BCUT2D eigenvalue weighted by molar-refractivity contribution is -0.384. The molecule has 3 aliphatic heterocycles. The van der Waals surface area contributed by atoms with Crippen LogP contribution in [0, 0.1) is 10.1 Å². The molecule has 36 heavy (non-hydrogen) atoms. The van der Waals surface area contributed by atoms with Gasteiger partial charge in [0.15, 0.2) is 11.5 Å². The van der Waals surface area contributed by atoms with Crippen molar-refractivity contribution in [1.82, 2.24) is 4.90 Å². The monoisotopic (exact) mass is 493 g/mol. The van der Waals surface area contributed by atoms with E-state index >= 15 is 0 Å². The number of hydrogen-bond acceptors (Lipinski definition) is 7. The highest BCUT2D eigenvalue weighted by molar-refractivity contribution is 5.96. The average Bonchev–Trinajstić information content (AvgIpc) is 3.39. The summed E-state index contributed by atoms with van der Waals surface area (Å²) >= 11 is 0. The number of nitrogens with zero attached hydrogens (tertiary/aromatic N) is 3. The van der Waals surface area contributed by atoms with Crippen LogP contribution in [0.5, 0.6) is 11.5 Å². The number of morpholine rings is 1. The standard InChI is InChI=1S/C27H31N3O6/c1-18-20-15-24-25(36-13-12-35-24)16-21(20)27(6-2-3-7-27)17-29(18)26(31)19-4-5-22(23(14-19)30(32)33)28-8-10-34-11-9-28/h4-5,14-16,18H,2-3,6-13,17H2,1H3. The summed E-state index contributed by atoms with van der Waals surface area (Å²) in [7, 11) is 0. The molecule has 1 spiro atoms. The normalized spacial score (nSPS) is 22.4. The molecule has 9 heteroatoms. The van der Waals surface area contributed by atoms with E-state index in [0.717, 1.165) is 42.7 Å². The molecule has 6 rings (SSSR count). The molecule has 9 nitrogen and oxygen atoms in total. The fourth-order valence-electron chi connectivity index (χ4n) is 6.39. The zero-order chi connectivity index (χ0) is 24.9. The first-order valence-electron chi connectivity index (χ1n) is 12.8. The predicted molar refractivity (Wildman–Crippen MR) is 133 cm³/mol. The van der Waals surface area contributed by atoms with Crippen molar-refractivity contribution in [2.75, 3.05) is 51.0 Å². The second kappa shape index (κ2) is 8.96. The van der Waals surface area contributed by atoms with Gasteiger partial charge in [0.05, 0.1) is 24.2 Å². The quantitative estimate of drug-likeness (QED) is 0.466. The van der Waals surface area contributed by atoms with E-state index in [4.69, 9.17) is 14.2 Å². The average molecular weight is 494 g/mol. The summed E-state index contributed by atoms with van der Waals surface area (Å²) < 4.78 is 17.1. The predicted octanol–water partition coefficient (Wildman–Crippen LogP) is 4.23. The SMILES string of the molecule is CC1c2cc3c(cc2C2(CCCC2)CN1C(=O)c1ccc(N2CCOCC2)c([N+](=O)[O-])c1)OCCO3. The number of anilines is 1. The van der Waals surface area contributed by atoms with Gasteiger partial charge in [-0.3, -0.25) is 14.9 Å². The van der Waals surface area contributed by atoms with Gasteiger partial charge >= 0.3 is 0 Å². The van der Waals surface area contributed by atoms with Crippen LogP contribution in [-0.4, -0.2) is 61.8 Å². The van der Waals surface area contributed by atoms with Crippen LogP contribution in [0.1, 0.15) is 60.1 Å². The third-order valence-electron chi connectivity index (χ3n) is 8.27. The molecule has 1 unspecified atom stereocenters. The molecule has 1 amide bonds. The van der Waals surface area contributed by atoms with E-state index in [-0.39, 0.29) is 23.1 Å². The highest BCUT2D eigenvalue weighted by atomic mass is 16.6. The summed E-state index contributed by atoms with van der Waals surface area (Å²) in [5.74, 6) is 1.33. The van der Waals surface area contributed by atoms with Crippen molar-refractivity contribution in [3.8, 4) is 11.5 Å². The molecule has 3 heterocycles. The highest BCUT2D eigenvalue weighted by Crippen LogP contribution is 2.52. The van der Waals surface area contributed by atoms with Gasteiger partial charge in [0.1, 0.15) is 18.9 Å². The molecule has 0 N–H and O–H groups in total. The minimum atomic E-state index is -0.390. The first-order chi connectivity index (χ1) is 17.5. The van der Waals surface area contributed by atoms with E-state index < -0.39 is 4.92 Å². The minimum absolute atomic E-state index is 0.0389. The molecule has 190 valence electrons. The summed E-state index contributed by atoms with van der Waals surface area (Å²) in [5, 5.41) is 12.0. The fraction of sp³-hybridized carbons (Fsp3) is 0.519. The fourth-order valence-corrected chi connectivity index (χ4v) is 6.39. The molecular weight excluding hydrogens is 462 g/mol. The Labute approximate surface area is 210 Å². The Morgan fingerprint density at radius 1 is 1.03 bits per heavy atom. The van der Waals surface area contributed by atoms with Gasteiger partial charge in [-0.25, -0.2) is 0 Å². The second-order valence-corrected chi connectivity index (χ2v) is 10.2. The molecule has 2 aromatic carbocycles. The Morgan fingerprint density at radius 3 is 2.42 bits per heavy atom. The number of fused-ring (bicyclic) bond motifs is 3. The molecule has 0 aromatic heterocycles. The summed E-state index contributed by atoms with van der Waals surface area (Å²) in [6, 6.07) is 8.88. The lowest BCUT2D eigenvalue weighted by Gasteiger charge is -2.46. The van der Waals surface area contributed by atoms with E-state index in [1.165, 1.54) is 11.6 Å². The zero-order valence-corrected chi connectivity index (χ0v) is 20.5. The van der Waals surface area contributed by atoms with E-state index in [9.17, 15) is 14.9 Å². The summed E-state index contributed by atoms with van der Waals surface area (Å²) in [5.41, 5.74) is 3.05. The maximum Gasteiger partial charge on any atom is 0.293 e. The molecule has 0 bridgehead atoms. The van der Waals surface area contributed by atoms with Crippen LogP contribution >= 0.6 is 0 Å². The van der Waals surface area contributed by atoms with Gasteiger partial charge in [0.25, 0.3) is 11.6 Å². The topological polar surface area (TPSA) is 94.4 Å². The van der Waals surface area contributed by atoms with Crippen molar-refractivity contribution in [2.24, 2.45) is 0 Å². The van der Waals surface area contributed by atoms with Crippen molar-refractivity contribution in [2.45, 2.75) is 44.1 Å². The molecule has 2 fully saturated rings. The Bertz CT molecular complexity index is 1200. The molecule has 1 aliphatic carbocycles. The van der Waals surface area contributed by atoms with Gasteiger partial charge in [-0.2, -0.15) is 0 Å². The van der Waals surface area contributed by atoms with Crippen LogP contribution in [0.15, 0.2) is 30.3 Å². The maximum absolute atomic E-state index is 13.9. The van der Waals surface area contributed by atoms with Crippen LogP contribution in [0.3, 0.4) is 0 Å². The van der Waals surface area contributed by atoms with Gasteiger partial charge in [-0.05, 0) is 55.2 Å². The summed E-state index contributed by atoms with van der Waals surface area (Å²) in [4.78, 5) is 29.4. The third kappa shape index (κ3) is 3.77. The van der Waals surface area contributed by atoms with Crippen molar-refractivity contribution < 1.29 is 23.9 Å². The molecule has 4 aliphatic rings. The molecule has 1 saturated carbocycles. The number of benzene rings is 2. The van der Waals surface area contributed by atoms with Crippen LogP contribution in [0.2, 0.25) is 0 Å². The Kier molecular flexibility index (Phi) is 5.75. The Balaban J connectivity index is 1.37. The van der Waals surface area contributed by atoms with Crippen LogP contribution < -0.4 is 14.4 Å². The highest BCUT2D eigenvalue weighted by Gasteiger charge is 2.46. The smallest absolute Gasteiger partial charge is 0.293 e. The molecule has 2 aromatic rings. The number of hydrogen-bond donors (Lipinski definition) is 0. The van der Waals surface area contributed by atoms with Crippen molar-refractivity contribution in [3.63, 3.8) is 0 Å². The van der Waals surface area contributed by atoms with E-state index in [1.807, 2.05) is 22.8 Å². The lowest BCUT2D eigenvalue weighted by Crippen LogP contribution is -2.48. The molecule has 0 radical (unpaired) electrons. The van der Waals surface area contributed by atoms with Gasteiger partial charge in [-0.15, -0.1) is 0 Å². The zero-order valence-electron chi connectivity index (χ0n) is 20.5. The Hall–Kier alpha value is -3.33. The van der Waals surface area contributed by atoms with Gasteiger partial charge in [0, 0.05) is 36.7 Å². The Morgan fingerprint density at radius 2 is 1.72 bits per heavy atom. The first kappa shape index (κ1) is 23.1. The number of rotatable bonds is 3. The lowest BCUT2D eigenvalue weighted by atomic mass is 9.71. The van der Waals surface area contributed by atoms with Crippen molar-refractivity contribution in [3.05, 3.63) is 57.1 Å². The molecule has 1 atom stereocenters. The van der Waals surface area contributed by atoms with Gasteiger partial charge in [-0.1, -0.05) is 12.8 Å². The van der Waals surface area contributed by atoms with E-state index in [1.54, 1.807) is 12.1 Å². The number of nitro benzene ring substituents is 1.